The van der Waals surface area contributed by atoms with E-state index in [1.54, 1.807) is 11.8 Å². The fourth-order valence-electron chi connectivity index (χ4n) is 6.17. The first-order chi connectivity index (χ1) is 21.9. The summed E-state index contributed by atoms with van der Waals surface area (Å²) in [5.74, 6) is 2.48. The van der Waals surface area contributed by atoms with Crippen molar-refractivity contribution in [2.75, 3.05) is 32.6 Å². The Bertz CT molecular complexity index is 1660. The van der Waals surface area contributed by atoms with Gasteiger partial charge in [0.15, 0.2) is 17.3 Å². The van der Waals surface area contributed by atoms with E-state index in [1.165, 1.54) is 24.0 Å². The summed E-state index contributed by atoms with van der Waals surface area (Å²) < 4.78 is 11.5. The van der Waals surface area contributed by atoms with Crippen LogP contribution in [0.5, 0.6) is 11.5 Å². The number of ketones is 1. The topological polar surface area (TPSA) is 80.8 Å². The first-order valence-corrected chi connectivity index (χ1v) is 17.1. The highest BCUT2D eigenvalue weighted by Gasteiger charge is 2.25. The van der Waals surface area contributed by atoms with Crippen molar-refractivity contribution in [3.8, 4) is 22.8 Å². The second kappa shape index (κ2) is 14.5. The van der Waals surface area contributed by atoms with E-state index < -0.39 is 6.04 Å². The highest BCUT2D eigenvalue weighted by Crippen LogP contribution is 2.35. The van der Waals surface area contributed by atoms with Crippen molar-refractivity contribution in [1.82, 2.24) is 15.2 Å². The number of nitrogens with one attached hydrogen (secondary N) is 1. The second-order valence-electron chi connectivity index (χ2n) is 12.1. The van der Waals surface area contributed by atoms with Crippen molar-refractivity contribution < 1.29 is 19.1 Å². The number of thioether (sulfide) groups is 1. The van der Waals surface area contributed by atoms with E-state index in [1.807, 2.05) is 48.5 Å². The van der Waals surface area contributed by atoms with Crippen molar-refractivity contribution in [1.29, 1.82) is 0 Å². The third-order valence-electron chi connectivity index (χ3n) is 8.80. The third-order valence-corrected chi connectivity index (χ3v) is 9.91. The normalized spacial score (nSPS) is 16.9. The van der Waals surface area contributed by atoms with E-state index >= 15 is 0 Å². The van der Waals surface area contributed by atoms with Crippen molar-refractivity contribution >= 4 is 34.4 Å². The number of hydrogen-bond donors (Lipinski definition) is 1. The van der Waals surface area contributed by atoms with Gasteiger partial charge in [-0.2, -0.15) is 11.8 Å². The number of para-hydroxylation sites is 1. The van der Waals surface area contributed by atoms with E-state index in [0.717, 1.165) is 36.1 Å². The molecule has 1 N–H and O–H groups in total. The van der Waals surface area contributed by atoms with Gasteiger partial charge in [0.1, 0.15) is 13.2 Å². The van der Waals surface area contributed by atoms with E-state index in [0.29, 0.717) is 59.7 Å². The number of fused-ring (bicyclic) bond motifs is 2. The Balaban J connectivity index is 1.22. The molecule has 0 spiro atoms. The van der Waals surface area contributed by atoms with Gasteiger partial charge in [-0.05, 0) is 82.1 Å². The molecule has 234 valence electrons. The zero-order valence-corrected chi connectivity index (χ0v) is 26.9. The fraction of sp³-hybridized carbons (Fsp3) is 0.378. The Kier molecular flexibility index (Phi) is 10.0. The van der Waals surface area contributed by atoms with Crippen molar-refractivity contribution in [2.45, 2.75) is 56.9 Å². The van der Waals surface area contributed by atoms with Gasteiger partial charge in [0.05, 0.1) is 22.8 Å². The summed E-state index contributed by atoms with van der Waals surface area (Å²) in [6, 6.07) is 23.6. The van der Waals surface area contributed by atoms with Crippen LogP contribution >= 0.6 is 11.8 Å². The summed E-state index contributed by atoms with van der Waals surface area (Å²) >= 11 is 1.68. The lowest BCUT2D eigenvalue weighted by molar-refractivity contribution is -0.120. The average Bonchev–Trinajstić information content (AvgIpc) is 3.48. The van der Waals surface area contributed by atoms with Gasteiger partial charge >= 0.3 is 0 Å². The lowest BCUT2D eigenvalue weighted by Crippen LogP contribution is -2.43. The van der Waals surface area contributed by atoms with Crippen molar-refractivity contribution in [3.05, 3.63) is 89.5 Å². The van der Waals surface area contributed by atoms with Gasteiger partial charge < -0.3 is 19.7 Å². The predicted molar refractivity (Wildman–Crippen MR) is 181 cm³/mol. The zero-order valence-electron chi connectivity index (χ0n) is 26.1. The van der Waals surface area contributed by atoms with Gasteiger partial charge in [-0.3, -0.25) is 9.59 Å². The van der Waals surface area contributed by atoms with Gasteiger partial charge in [0, 0.05) is 34.9 Å². The number of pyridine rings is 1. The molecule has 2 unspecified atom stereocenters. The standard InChI is InChI=1S/C37H41N3O4S/c1-25-12-14-26(15-13-25)23-45-24-33(34(41)11-5-7-28-8-6-18-40(28)2)39-37(42)30-22-32(38-31-10-4-3-9-29(30)31)27-16-17-35-36(21-27)44-20-19-43-35/h3-4,9-10,12-17,21-22,28,33H,5-8,11,18-20,23-24H2,1-2H3,(H,39,42). The molecule has 0 aliphatic carbocycles. The number of ether oxygens (including phenoxy) is 2. The van der Waals surface area contributed by atoms with E-state index in [9.17, 15) is 9.59 Å². The molecule has 7 nitrogen and oxygen atoms in total. The highest BCUT2D eigenvalue weighted by molar-refractivity contribution is 7.98. The Morgan fingerprint density at radius 1 is 1.02 bits per heavy atom. The van der Waals surface area contributed by atoms with Crippen LogP contribution in [0.4, 0.5) is 0 Å². The van der Waals surface area contributed by atoms with Gasteiger partial charge in [-0.25, -0.2) is 4.98 Å². The molecule has 8 heteroatoms. The Labute approximate surface area is 269 Å². The van der Waals surface area contributed by atoms with Crippen molar-refractivity contribution in [2.24, 2.45) is 0 Å². The van der Waals surface area contributed by atoms with E-state index in [-0.39, 0.29) is 11.7 Å². The molecule has 1 aromatic heterocycles. The van der Waals surface area contributed by atoms with Crippen LogP contribution in [0, 0.1) is 6.92 Å². The number of carbonyl (C=O) groups excluding carboxylic acids is 2. The number of hydrogen-bond acceptors (Lipinski definition) is 7. The lowest BCUT2D eigenvalue weighted by atomic mass is 10.0. The molecule has 1 amide bonds. The smallest absolute Gasteiger partial charge is 0.252 e. The largest absolute Gasteiger partial charge is 0.486 e. The SMILES string of the molecule is Cc1ccc(CSCC(NC(=O)c2cc(-c3ccc4c(c3)OCCO4)nc3ccccc23)C(=O)CCCC2CCCN2C)cc1. The minimum absolute atomic E-state index is 0.0887. The molecule has 1 fully saturated rings. The average molecular weight is 624 g/mol. The number of nitrogens with zero attached hydrogens (tertiary/aromatic N) is 2. The summed E-state index contributed by atoms with van der Waals surface area (Å²) in [6.07, 6.45) is 4.71. The van der Waals surface area contributed by atoms with E-state index in [4.69, 9.17) is 14.5 Å². The lowest BCUT2D eigenvalue weighted by Gasteiger charge is -2.21. The minimum Gasteiger partial charge on any atom is -0.486 e. The molecule has 3 heterocycles. The van der Waals surface area contributed by atoms with Crippen LogP contribution in [0.25, 0.3) is 22.2 Å². The predicted octanol–water partition coefficient (Wildman–Crippen LogP) is 6.85. The zero-order chi connectivity index (χ0) is 31.2. The highest BCUT2D eigenvalue weighted by atomic mass is 32.2. The molecule has 4 aromatic rings. The Hall–Kier alpha value is -3.88. The van der Waals surface area contributed by atoms with Crippen LogP contribution in [0.1, 0.15) is 53.6 Å². The summed E-state index contributed by atoms with van der Waals surface area (Å²) in [4.78, 5) is 35.0. The second-order valence-corrected chi connectivity index (χ2v) is 13.1. The molecule has 3 aromatic carbocycles. The first-order valence-electron chi connectivity index (χ1n) is 15.9. The molecular formula is C37H41N3O4S. The molecule has 0 saturated carbocycles. The van der Waals surface area contributed by atoms with Gasteiger partial charge in [-0.15, -0.1) is 0 Å². The quantitative estimate of drug-likeness (QED) is 0.185. The maximum Gasteiger partial charge on any atom is 0.252 e. The monoisotopic (exact) mass is 623 g/mol. The molecule has 0 bridgehead atoms. The maximum atomic E-state index is 14.0. The van der Waals surface area contributed by atoms with Crippen LogP contribution in [0.15, 0.2) is 72.8 Å². The number of aromatic nitrogens is 1. The summed E-state index contributed by atoms with van der Waals surface area (Å²) in [5.41, 5.74) is 5.13. The van der Waals surface area contributed by atoms with Gasteiger partial charge in [-0.1, -0.05) is 48.0 Å². The Morgan fingerprint density at radius 3 is 2.62 bits per heavy atom. The molecule has 2 aliphatic rings. The summed E-state index contributed by atoms with van der Waals surface area (Å²) in [6.45, 7) is 4.21. The first kappa shape index (κ1) is 31.1. The van der Waals surface area contributed by atoms with Crippen LogP contribution in [-0.2, 0) is 10.5 Å². The maximum absolute atomic E-state index is 14.0. The number of benzene rings is 3. The molecule has 1 saturated heterocycles. The summed E-state index contributed by atoms with van der Waals surface area (Å²) in [5, 5.41) is 3.89. The van der Waals surface area contributed by atoms with Crippen LogP contribution in [0.3, 0.4) is 0 Å². The number of aryl methyl sites for hydroxylation is 1. The van der Waals surface area contributed by atoms with Crippen molar-refractivity contribution in [3.63, 3.8) is 0 Å². The fourth-order valence-corrected chi connectivity index (χ4v) is 7.22. The van der Waals surface area contributed by atoms with Gasteiger partial charge in [0.2, 0.25) is 0 Å². The molecular weight excluding hydrogens is 582 g/mol. The number of likely N-dealkylation sites (tertiary alicyclic amines) is 1. The van der Waals surface area contributed by atoms with Gasteiger partial charge in [0.25, 0.3) is 5.91 Å². The number of rotatable bonds is 12. The van der Waals surface area contributed by atoms with E-state index in [2.05, 4.69) is 48.5 Å². The number of carbonyl (C=O) groups is 2. The minimum atomic E-state index is -0.584. The third kappa shape index (κ3) is 7.68. The van der Waals surface area contributed by atoms with Crippen LogP contribution in [-0.4, -0.2) is 66.2 Å². The number of amides is 1. The molecule has 6 rings (SSSR count). The Morgan fingerprint density at radius 2 is 1.82 bits per heavy atom. The van der Waals surface area contributed by atoms with Crippen LogP contribution in [0.2, 0.25) is 0 Å². The molecule has 2 aliphatic heterocycles. The molecule has 0 radical (unpaired) electrons. The molecule has 45 heavy (non-hydrogen) atoms. The molecule has 2 atom stereocenters. The van der Waals surface area contributed by atoms with Crippen LogP contribution < -0.4 is 14.8 Å². The number of Topliss-reactive ketones (excluding diaryl/α,β-unsaturated/α-hetero) is 1. The summed E-state index contributed by atoms with van der Waals surface area (Å²) in [7, 11) is 2.17.